The third-order valence-electron chi connectivity index (χ3n) is 4.93. The highest BCUT2D eigenvalue weighted by molar-refractivity contribution is 7.10. The van der Waals surface area contributed by atoms with Gasteiger partial charge in [0.15, 0.2) is 5.96 Å². The normalized spacial score (nSPS) is 18.7. The van der Waals surface area contributed by atoms with E-state index in [1.807, 2.05) is 13.0 Å². The van der Waals surface area contributed by atoms with Crippen LogP contribution in [0.1, 0.15) is 30.3 Å². The van der Waals surface area contributed by atoms with Gasteiger partial charge in [-0.25, -0.2) is 4.99 Å². The van der Waals surface area contributed by atoms with Crippen LogP contribution in [0.2, 0.25) is 0 Å². The molecule has 0 spiro atoms. The number of morpholine rings is 1. The van der Waals surface area contributed by atoms with Crippen molar-refractivity contribution in [1.29, 1.82) is 0 Å². The lowest BCUT2D eigenvalue weighted by atomic mass is 10.1. The number of rotatable bonds is 8. The first kappa shape index (κ1) is 22.2. The molecule has 2 heterocycles. The Morgan fingerprint density at radius 2 is 2.27 bits per heavy atom. The molecule has 2 atom stereocenters. The van der Waals surface area contributed by atoms with Crippen molar-refractivity contribution in [3.63, 3.8) is 0 Å². The molecule has 1 aliphatic rings. The summed E-state index contributed by atoms with van der Waals surface area (Å²) >= 11 is 1.76. The molecule has 2 aromatic rings. The Morgan fingerprint density at radius 1 is 1.40 bits per heavy atom. The fourth-order valence-corrected chi connectivity index (χ4v) is 4.35. The Balaban J connectivity index is 1.68. The molecule has 1 aliphatic heterocycles. The number of non-ortho nitro benzene ring substituents is 1. The van der Waals surface area contributed by atoms with Gasteiger partial charge in [-0.3, -0.25) is 15.0 Å². The van der Waals surface area contributed by atoms with Gasteiger partial charge in [0.05, 0.1) is 30.2 Å². The lowest BCUT2D eigenvalue weighted by Gasteiger charge is -2.37. The number of nitrogens with one attached hydrogen (secondary N) is 2. The number of hydrogen-bond acceptors (Lipinski definition) is 6. The van der Waals surface area contributed by atoms with Crippen LogP contribution in [0.4, 0.5) is 5.69 Å². The van der Waals surface area contributed by atoms with E-state index in [1.165, 1.54) is 10.9 Å². The average molecular weight is 432 g/mol. The van der Waals surface area contributed by atoms with Crippen LogP contribution >= 0.6 is 11.3 Å². The number of benzene rings is 1. The first-order valence-corrected chi connectivity index (χ1v) is 11.1. The van der Waals surface area contributed by atoms with Crippen LogP contribution in [0, 0.1) is 10.1 Å². The van der Waals surface area contributed by atoms with Gasteiger partial charge in [-0.2, -0.15) is 0 Å². The first-order valence-electron chi connectivity index (χ1n) is 10.2. The van der Waals surface area contributed by atoms with Crippen LogP contribution in [-0.4, -0.2) is 54.7 Å². The maximum Gasteiger partial charge on any atom is 0.269 e. The van der Waals surface area contributed by atoms with Crippen molar-refractivity contribution in [2.24, 2.45) is 4.99 Å². The minimum atomic E-state index is -0.383. The van der Waals surface area contributed by atoms with E-state index >= 15 is 0 Å². The van der Waals surface area contributed by atoms with Crippen molar-refractivity contribution >= 4 is 23.0 Å². The summed E-state index contributed by atoms with van der Waals surface area (Å²) in [6.07, 6.45) is 0.219. The zero-order valence-electron chi connectivity index (χ0n) is 17.4. The standard InChI is InChI=1S/C21H29N5O3S/c1-3-22-21(23-13-17-6-4-7-18(12-17)26(27)28)24-14-19(20-8-5-11-30-20)25-9-10-29-16(2)15-25/h4-8,11-12,16,19H,3,9-10,13-15H2,1-2H3,(H2,22,23,24). The molecule has 30 heavy (non-hydrogen) atoms. The van der Waals surface area contributed by atoms with E-state index in [0.717, 1.165) is 31.8 Å². The Hall–Kier alpha value is -2.49. The lowest BCUT2D eigenvalue weighted by Crippen LogP contribution is -2.48. The largest absolute Gasteiger partial charge is 0.376 e. The second-order valence-electron chi connectivity index (χ2n) is 7.21. The number of guanidine groups is 1. The van der Waals surface area contributed by atoms with Crippen LogP contribution in [0.5, 0.6) is 0 Å². The van der Waals surface area contributed by atoms with Gasteiger partial charge >= 0.3 is 0 Å². The molecule has 3 rings (SSSR count). The van der Waals surface area contributed by atoms with Gasteiger partial charge in [-0.1, -0.05) is 18.2 Å². The average Bonchev–Trinajstić information content (AvgIpc) is 3.27. The lowest BCUT2D eigenvalue weighted by molar-refractivity contribution is -0.384. The van der Waals surface area contributed by atoms with E-state index in [2.05, 4.69) is 45.0 Å². The predicted octanol–water partition coefficient (Wildman–Crippen LogP) is 3.17. The molecule has 9 heteroatoms. The fourth-order valence-electron chi connectivity index (χ4n) is 3.49. The number of ether oxygens (including phenoxy) is 1. The summed E-state index contributed by atoms with van der Waals surface area (Å²) in [4.78, 5) is 19.0. The van der Waals surface area contributed by atoms with Crippen molar-refractivity contribution in [3.05, 3.63) is 62.3 Å². The zero-order valence-corrected chi connectivity index (χ0v) is 18.2. The number of thiophene rings is 1. The molecule has 1 fully saturated rings. The molecule has 2 N–H and O–H groups in total. The first-order chi connectivity index (χ1) is 14.6. The quantitative estimate of drug-likeness (QED) is 0.289. The van der Waals surface area contributed by atoms with E-state index in [0.29, 0.717) is 19.0 Å². The van der Waals surface area contributed by atoms with E-state index < -0.39 is 0 Å². The molecule has 1 saturated heterocycles. The van der Waals surface area contributed by atoms with E-state index in [1.54, 1.807) is 23.5 Å². The van der Waals surface area contributed by atoms with E-state index in [-0.39, 0.29) is 22.8 Å². The van der Waals surface area contributed by atoms with E-state index in [4.69, 9.17) is 4.74 Å². The SMILES string of the molecule is CCNC(=NCc1cccc([N+](=O)[O-])c1)NCC(c1cccs1)N1CCOC(C)C1. The number of nitro groups is 1. The molecule has 0 aliphatic carbocycles. The fraction of sp³-hybridized carbons (Fsp3) is 0.476. The molecule has 2 unspecified atom stereocenters. The second kappa shape index (κ2) is 11.1. The van der Waals surface area contributed by atoms with E-state index in [9.17, 15) is 10.1 Å². The molecular weight excluding hydrogens is 402 g/mol. The minimum Gasteiger partial charge on any atom is -0.376 e. The summed E-state index contributed by atoms with van der Waals surface area (Å²) in [5.74, 6) is 0.701. The Kier molecular flexibility index (Phi) is 8.18. The van der Waals surface area contributed by atoms with Crippen LogP contribution in [0.15, 0.2) is 46.8 Å². The number of aliphatic imine (C=N–C) groups is 1. The van der Waals surface area contributed by atoms with Gasteiger partial charge in [0.1, 0.15) is 0 Å². The summed E-state index contributed by atoms with van der Waals surface area (Å²) in [6.45, 7) is 8.48. The molecular formula is C21H29N5O3S. The van der Waals surface area contributed by atoms with Gasteiger partial charge in [-0.15, -0.1) is 11.3 Å². The third kappa shape index (κ3) is 6.25. The van der Waals surface area contributed by atoms with Crippen molar-refractivity contribution in [2.75, 3.05) is 32.8 Å². The number of nitro benzene ring substituents is 1. The maximum absolute atomic E-state index is 11.0. The number of nitrogens with zero attached hydrogens (tertiary/aromatic N) is 3. The highest BCUT2D eigenvalue weighted by Crippen LogP contribution is 2.26. The predicted molar refractivity (Wildman–Crippen MR) is 120 cm³/mol. The summed E-state index contributed by atoms with van der Waals surface area (Å²) in [7, 11) is 0. The molecule has 0 bridgehead atoms. The Labute approximate surface area is 181 Å². The molecule has 8 nitrogen and oxygen atoms in total. The molecule has 0 saturated carbocycles. The Morgan fingerprint density at radius 3 is 2.97 bits per heavy atom. The summed E-state index contributed by atoms with van der Waals surface area (Å²) < 4.78 is 5.71. The van der Waals surface area contributed by atoms with Gasteiger partial charge in [0, 0.05) is 43.2 Å². The van der Waals surface area contributed by atoms with Crippen LogP contribution in [0.25, 0.3) is 0 Å². The van der Waals surface area contributed by atoms with Crippen LogP contribution in [0.3, 0.4) is 0 Å². The maximum atomic E-state index is 11.0. The summed E-state index contributed by atoms with van der Waals surface area (Å²) in [5, 5.41) is 19.8. The molecule has 1 aromatic carbocycles. The van der Waals surface area contributed by atoms with Crippen molar-refractivity contribution in [2.45, 2.75) is 32.5 Å². The minimum absolute atomic E-state index is 0.0832. The van der Waals surface area contributed by atoms with Gasteiger partial charge < -0.3 is 15.4 Å². The summed E-state index contributed by atoms with van der Waals surface area (Å²) in [5.41, 5.74) is 0.887. The smallest absolute Gasteiger partial charge is 0.269 e. The zero-order chi connectivity index (χ0) is 21.3. The number of hydrogen-bond donors (Lipinski definition) is 2. The third-order valence-corrected chi connectivity index (χ3v) is 5.91. The Bertz CT molecular complexity index is 843. The van der Waals surface area contributed by atoms with Gasteiger partial charge in [0.2, 0.25) is 0 Å². The molecule has 162 valence electrons. The highest BCUT2D eigenvalue weighted by Gasteiger charge is 2.26. The molecule has 0 amide bonds. The van der Waals surface area contributed by atoms with Crippen molar-refractivity contribution < 1.29 is 9.66 Å². The van der Waals surface area contributed by atoms with Crippen molar-refractivity contribution in [3.8, 4) is 0 Å². The van der Waals surface area contributed by atoms with Crippen molar-refractivity contribution in [1.82, 2.24) is 15.5 Å². The van der Waals surface area contributed by atoms with Gasteiger partial charge in [0.25, 0.3) is 5.69 Å². The van der Waals surface area contributed by atoms with Gasteiger partial charge in [-0.05, 0) is 30.9 Å². The topological polar surface area (TPSA) is 92.0 Å². The highest BCUT2D eigenvalue weighted by atomic mass is 32.1. The summed E-state index contributed by atoms with van der Waals surface area (Å²) in [6, 6.07) is 11.1. The molecule has 0 radical (unpaired) electrons. The molecule has 1 aromatic heterocycles. The second-order valence-corrected chi connectivity index (χ2v) is 8.19. The van der Waals surface area contributed by atoms with Crippen LogP contribution < -0.4 is 10.6 Å². The van der Waals surface area contributed by atoms with Crippen LogP contribution in [-0.2, 0) is 11.3 Å². The monoisotopic (exact) mass is 431 g/mol.